The van der Waals surface area contributed by atoms with Crippen molar-refractivity contribution in [1.82, 2.24) is 20.1 Å². The molecule has 4 aromatic rings. The van der Waals surface area contributed by atoms with Crippen LogP contribution in [0, 0.1) is 0 Å². The van der Waals surface area contributed by atoms with Gasteiger partial charge in [-0.3, -0.25) is 0 Å². The minimum atomic E-state index is -4.76. The lowest BCUT2D eigenvalue weighted by Crippen LogP contribution is -2.36. The number of halogens is 3. The molecule has 1 N–H and O–H groups in total. The summed E-state index contributed by atoms with van der Waals surface area (Å²) in [7, 11) is 1.64. The fourth-order valence-electron chi connectivity index (χ4n) is 4.87. The monoisotopic (exact) mass is 650 g/mol. The molecule has 0 bridgehead atoms. The van der Waals surface area contributed by atoms with Crippen LogP contribution >= 0.6 is 11.8 Å². The number of benzene rings is 3. The van der Waals surface area contributed by atoms with Gasteiger partial charge < -0.3 is 19.7 Å². The van der Waals surface area contributed by atoms with E-state index in [2.05, 4.69) is 49.9 Å². The lowest BCUT2D eigenvalue weighted by atomic mass is 10.00. The number of hydrogen-bond donors (Lipinski definition) is 1. The molecular weight excluding hydrogens is 617 g/mol. The smallest absolute Gasteiger partial charge is 0.497 e. The molecule has 46 heavy (non-hydrogen) atoms. The van der Waals surface area contributed by atoms with Gasteiger partial charge in [0.15, 0.2) is 11.0 Å². The summed E-state index contributed by atoms with van der Waals surface area (Å²) in [5.74, 6) is 2.04. The summed E-state index contributed by atoms with van der Waals surface area (Å²) in [4.78, 5) is 23.8. The van der Waals surface area contributed by atoms with E-state index in [9.17, 15) is 18.0 Å². The summed E-state index contributed by atoms with van der Waals surface area (Å²) >= 11 is 1.56. The predicted molar refractivity (Wildman–Crippen MR) is 175 cm³/mol. The maximum absolute atomic E-state index is 13.0. The molecule has 0 radical (unpaired) electrons. The number of allylic oxidation sites excluding steroid dienone is 1. The molecule has 1 saturated heterocycles. The second-order valence-electron chi connectivity index (χ2n) is 10.8. The summed E-state index contributed by atoms with van der Waals surface area (Å²) < 4.78 is 48.1. The molecule has 13 heteroatoms. The first kappa shape index (κ1) is 32.6. The first-order chi connectivity index (χ1) is 22.0. The Labute approximate surface area is 269 Å². The molecule has 1 aromatic heterocycles. The second-order valence-corrected chi connectivity index (χ2v) is 11.8. The van der Waals surface area contributed by atoms with Crippen LogP contribution in [0.15, 0.2) is 83.7 Å². The Morgan fingerprint density at radius 1 is 1.07 bits per heavy atom. The molecule has 2 heterocycles. The molecule has 9 nitrogen and oxygen atoms in total. The lowest BCUT2D eigenvalue weighted by molar-refractivity contribution is -0.274. The van der Waals surface area contributed by atoms with Gasteiger partial charge in [-0.25, -0.2) is 14.5 Å². The summed E-state index contributed by atoms with van der Waals surface area (Å²) in [5, 5.41) is 7.94. The average Bonchev–Trinajstić information content (AvgIpc) is 3.51. The van der Waals surface area contributed by atoms with Crippen LogP contribution in [-0.4, -0.2) is 51.7 Å². The average molecular weight is 651 g/mol. The molecule has 2 amide bonds. The van der Waals surface area contributed by atoms with Crippen molar-refractivity contribution in [1.29, 1.82) is 0 Å². The van der Waals surface area contributed by atoms with E-state index in [0.717, 1.165) is 46.8 Å². The Bertz CT molecular complexity index is 1730. The number of hydrogen-bond acceptors (Lipinski definition) is 6. The summed E-state index contributed by atoms with van der Waals surface area (Å²) in [6.07, 6.45) is -0.469. The third kappa shape index (κ3) is 8.27. The molecule has 0 saturated carbocycles. The van der Waals surface area contributed by atoms with Crippen molar-refractivity contribution >= 4 is 34.7 Å². The van der Waals surface area contributed by atoms with Crippen molar-refractivity contribution in [3.05, 3.63) is 89.9 Å². The largest absolute Gasteiger partial charge is 0.573 e. The molecule has 0 spiro atoms. The number of nitrogens with zero attached hydrogens (tertiary/aromatic N) is 5. The van der Waals surface area contributed by atoms with Crippen LogP contribution in [0.4, 0.5) is 23.7 Å². The number of nitrogens with one attached hydrogen (secondary N) is 1. The minimum Gasteiger partial charge on any atom is -0.497 e. The number of rotatable bonds is 8. The van der Waals surface area contributed by atoms with E-state index in [4.69, 9.17) is 4.74 Å². The second kappa shape index (κ2) is 14.1. The maximum atomic E-state index is 13.0. The Morgan fingerprint density at radius 3 is 2.46 bits per heavy atom. The van der Waals surface area contributed by atoms with Crippen molar-refractivity contribution in [3.63, 3.8) is 0 Å². The van der Waals surface area contributed by atoms with E-state index in [1.807, 2.05) is 42.5 Å². The zero-order valence-corrected chi connectivity index (χ0v) is 26.5. The normalized spacial score (nSPS) is 14.9. The summed E-state index contributed by atoms with van der Waals surface area (Å²) in [6, 6.07) is 18.3. The SMILES string of the molecule is COc1ccc(C(C)C)c(N2CCCS/C2=N\C(=O)N/C(C)=C/c2ccc(-c3ncn(-c4ccc(OC(F)(F)F)cc4)n3)cc2)c1. The number of urea groups is 1. The van der Waals surface area contributed by atoms with Crippen LogP contribution in [-0.2, 0) is 0 Å². The number of thioether (sulfide) groups is 1. The number of anilines is 1. The van der Waals surface area contributed by atoms with E-state index >= 15 is 0 Å². The van der Waals surface area contributed by atoms with Crippen LogP contribution in [0.2, 0.25) is 0 Å². The fourth-order valence-corrected chi connectivity index (χ4v) is 5.82. The molecule has 0 unspecified atom stereocenters. The van der Waals surface area contributed by atoms with E-state index in [0.29, 0.717) is 22.4 Å². The van der Waals surface area contributed by atoms with E-state index in [1.165, 1.54) is 35.3 Å². The zero-order chi connectivity index (χ0) is 32.8. The van der Waals surface area contributed by atoms with Gasteiger partial charge in [0.05, 0.1) is 12.8 Å². The van der Waals surface area contributed by atoms with Crippen molar-refractivity contribution in [2.24, 2.45) is 4.99 Å². The highest BCUT2D eigenvalue weighted by atomic mass is 32.2. The molecule has 0 atom stereocenters. The number of aliphatic imine (C=N–C) groups is 1. The zero-order valence-electron chi connectivity index (χ0n) is 25.7. The number of aromatic nitrogens is 3. The Balaban J connectivity index is 1.25. The van der Waals surface area contributed by atoms with Gasteiger partial charge in [0.2, 0.25) is 0 Å². The summed E-state index contributed by atoms with van der Waals surface area (Å²) in [5.41, 5.74) is 4.90. The van der Waals surface area contributed by atoms with E-state index in [-0.39, 0.29) is 11.7 Å². The number of methoxy groups -OCH3 is 1. The maximum Gasteiger partial charge on any atom is 0.573 e. The van der Waals surface area contributed by atoms with Crippen molar-refractivity contribution in [2.45, 2.75) is 39.5 Å². The molecule has 0 aliphatic carbocycles. The molecule has 1 aliphatic rings. The summed E-state index contributed by atoms with van der Waals surface area (Å²) in [6.45, 7) is 6.82. The molecule has 3 aromatic carbocycles. The van der Waals surface area contributed by atoms with Crippen molar-refractivity contribution < 1.29 is 27.4 Å². The van der Waals surface area contributed by atoms with Crippen LogP contribution < -0.4 is 19.7 Å². The van der Waals surface area contributed by atoms with Crippen LogP contribution in [0.5, 0.6) is 11.5 Å². The van der Waals surface area contributed by atoms with Gasteiger partial charge in [0.25, 0.3) is 0 Å². The number of amidine groups is 1. The first-order valence-corrected chi connectivity index (χ1v) is 15.5. The Morgan fingerprint density at radius 2 is 1.78 bits per heavy atom. The van der Waals surface area contributed by atoms with Crippen LogP contribution in [0.25, 0.3) is 23.2 Å². The number of amides is 2. The molecule has 1 aliphatic heterocycles. The third-order valence-corrected chi connectivity index (χ3v) is 8.08. The van der Waals surface area contributed by atoms with Gasteiger partial charge in [0.1, 0.15) is 17.8 Å². The van der Waals surface area contributed by atoms with Crippen LogP contribution in [0.1, 0.15) is 44.2 Å². The number of carbonyl (C=O) groups excluding carboxylic acids is 1. The minimum absolute atomic E-state index is 0.286. The number of alkyl halides is 3. The first-order valence-electron chi connectivity index (χ1n) is 14.5. The highest BCUT2D eigenvalue weighted by molar-refractivity contribution is 8.14. The lowest BCUT2D eigenvalue weighted by Gasteiger charge is -2.32. The molecule has 240 valence electrons. The van der Waals surface area contributed by atoms with Crippen LogP contribution in [0.3, 0.4) is 0 Å². The van der Waals surface area contributed by atoms with E-state index in [1.54, 1.807) is 25.8 Å². The van der Waals surface area contributed by atoms with Gasteiger partial charge in [-0.1, -0.05) is 55.9 Å². The number of ether oxygens (including phenoxy) is 2. The molecule has 5 rings (SSSR count). The van der Waals surface area contributed by atoms with Crippen molar-refractivity contribution in [2.75, 3.05) is 24.3 Å². The standard InChI is InChI=1S/C33H33F3N6O3S/c1-21(2)28-15-14-27(44-4)19-29(28)41-16-5-17-46-32(41)39-31(43)38-22(3)18-23-6-8-24(9-7-23)30-37-20-42(40-30)25-10-12-26(13-11-25)45-33(34,35)36/h6-15,18-21H,5,16-17H2,1-4H3,(H,38,43)/b22-18+,39-32-. The quantitative estimate of drug-likeness (QED) is 0.206. The third-order valence-electron chi connectivity index (χ3n) is 7.02. The Hall–Kier alpha value is -4.78. The highest BCUT2D eigenvalue weighted by Gasteiger charge is 2.31. The van der Waals surface area contributed by atoms with Gasteiger partial charge in [0, 0.05) is 35.3 Å². The van der Waals surface area contributed by atoms with Crippen molar-refractivity contribution in [3.8, 4) is 28.6 Å². The molecular formula is C33H33F3N6O3S. The predicted octanol–water partition coefficient (Wildman–Crippen LogP) is 8.03. The van der Waals surface area contributed by atoms with Gasteiger partial charge in [-0.2, -0.15) is 4.99 Å². The molecule has 1 fully saturated rings. The highest BCUT2D eigenvalue weighted by Crippen LogP contribution is 2.35. The van der Waals surface area contributed by atoms with E-state index < -0.39 is 12.4 Å². The van der Waals surface area contributed by atoms with Gasteiger partial charge in [-0.05, 0) is 66.8 Å². The fraction of sp³-hybridized carbons (Fsp3) is 0.273. The van der Waals surface area contributed by atoms with Gasteiger partial charge >= 0.3 is 12.4 Å². The Kier molecular flexibility index (Phi) is 10.0. The topological polar surface area (TPSA) is 93.9 Å². The number of carbonyl (C=O) groups is 1. The van der Waals surface area contributed by atoms with Gasteiger partial charge in [-0.15, -0.1) is 18.3 Å².